The third-order valence-corrected chi connectivity index (χ3v) is 2.58. The second-order valence-corrected chi connectivity index (χ2v) is 5.41. The van der Waals surface area contributed by atoms with Crippen molar-refractivity contribution in [3.05, 3.63) is 29.8 Å². The molecule has 1 rings (SSSR count). The molecule has 1 atom stereocenters. The molecule has 0 aliphatic rings. The van der Waals surface area contributed by atoms with Crippen LogP contribution in [0.15, 0.2) is 24.3 Å². The molecule has 0 aromatic heterocycles. The summed E-state index contributed by atoms with van der Waals surface area (Å²) < 4.78 is 4.78. The lowest BCUT2D eigenvalue weighted by atomic mass is 10.1. The minimum atomic E-state index is -0.986. The Morgan fingerprint density at radius 2 is 1.62 bits per heavy atom. The number of aromatic hydroxyl groups is 1. The molecule has 0 aliphatic carbocycles. The lowest BCUT2D eigenvalue weighted by Gasteiger charge is -2.10. The van der Waals surface area contributed by atoms with Gasteiger partial charge in [0.1, 0.15) is 5.75 Å². The van der Waals surface area contributed by atoms with Gasteiger partial charge in [-0.05, 0) is 17.7 Å². The van der Waals surface area contributed by atoms with E-state index in [4.69, 9.17) is 14.9 Å². The SMILES string of the molecule is CC(C)NC(C)C.COC(Cc1ccc(O)cc1)C(=O)O. The lowest BCUT2D eigenvalue weighted by Crippen LogP contribution is -2.29. The van der Waals surface area contributed by atoms with Crippen molar-refractivity contribution in [3.8, 4) is 5.75 Å². The van der Waals surface area contributed by atoms with E-state index >= 15 is 0 Å². The average molecular weight is 297 g/mol. The van der Waals surface area contributed by atoms with E-state index in [9.17, 15) is 4.79 Å². The van der Waals surface area contributed by atoms with Crippen molar-refractivity contribution in [2.45, 2.75) is 52.3 Å². The smallest absolute Gasteiger partial charge is 0.333 e. The molecule has 0 amide bonds. The van der Waals surface area contributed by atoms with Gasteiger partial charge in [0.05, 0.1) is 0 Å². The maximum Gasteiger partial charge on any atom is 0.333 e. The number of phenols is 1. The normalized spacial score (nSPS) is 12.0. The van der Waals surface area contributed by atoms with Crippen LogP contribution >= 0.6 is 0 Å². The second-order valence-electron chi connectivity index (χ2n) is 5.41. The highest BCUT2D eigenvalue weighted by Crippen LogP contribution is 2.12. The van der Waals surface area contributed by atoms with Crippen LogP contribution in [0.5, 0.6) is 5.75 Å². The van der Waals surface area contributed by atoms with Crippen LogP contribution in [0.1, 0.15) is 33.3 Å². The Morgan fingerprint density at radius 1 is 1.14 bits per heavy atom. The van der Waals surface area contributed by atoms with E-state index in [1.165, 1.54) is 19.2 Å². The molecule has 1 aromatic rings. The molecule has 21 heavy (non-hydrogen) atoms. The molecule has 3 N–H and O–H groups in total. The summed E-state index contributed by atoms with van der Waals surface area (Å²) in [6.07, 6.45) is -0.536. The third-order valence-electron chi connectivity index (χ3n) is 2.58. The first-order chi connectivity index (χ1) is 9.76. The van der Waals surface area contributed by atoms with E-state index in [1.807, 2.05) is 0 Å². The highest BCUT2D eigenvalue weighted by molar-refractivity contribution is 5.72. The summed E-state index contributed by atoms with van der Waals surface area (Å²) in [5, 5.41) is 21.0. The number of carboxylic acid groups (broad SMARTS) is 1. The van der Waals surface area contributed by atoms with Crippen molar-refractivity contribution in [2.24, 2.45) is 0 Å². The maximum atomic E-state index is 10.6. The summed E-state index contributed by atoms with van der Waals surface area (Å²) in [7, 11) is 1.36. The standard InChI is InChI=1S/C10H12O4.C6H15N/c1-14-9(10(12)13)6-7-2-4-8(11)5-3-7;1-5(2)7-6(3)4/h2-5,9,11H,6H2,1H3,(H,12,13);5-7H,1-4H3. The van der Waals surface area contributed by atoms with E-state index in [0.29, 0.717) is 18.5 Å². The molecule has 0 aliphatic heterocycles. The lowest BCUT2D eigenvalue weighted by molar-refractivity contribution is -0.148. The number of nitrogens with one attached hydrogen (secondary N) is 1. The molecule has 0 bridgehead atoms. The van der Waals surface area contributed by atoms with E-state index in [2.05, 4.69) is 33.0 Å². The average Bonchev–Trinajstić information content (AvgIpc) is 2.36. The van der Waals surface area contributed by atoms with Gasteiger partial charge < -0.3 is 20.3 Å². The van der Waals surface area contributed by atoms with Crippen molar-refractivity contribution >= 4 is 5.97 Å². The van der Waals surface area contributed by atoms with Crippen molar-refractivity contribution in [1.82, 2.24) is 5.32 Å². The molecule has 1 aromatic carbocycles. The van der Waals surface area contributed by atoms with Crippen LogP contribution in [0.25, 0.3) is 0 Å². The van der Waals surface area contributed by atoms with E-state index in [1.54, 1.807) is 12.1 Å². The van der Waals surface area contributed by atoms with Crippen LogP contribution in [0.4, 0.5) is 0 Å². The second kappa shape index (κ2) is 10.2. The number of phenolic OH excluding ortho intramolecular Hbond substituents is 1. The number of rotatable bonds is 6. The Hall–Kier alpha value is -1.59. The minimum absolute atomic E-state index is 0.165. The van der Waals surface area contributed by atoms with Crippen molar-refractivity contribution in [3.63, 3.8) is 0 Å². The van der Waals surface area contributed by atoms with Gasteiger partial charge in [-0.3, -0.25) is 0 Å². The Morgan fingerprint density at radius 3 is 1.90 bits per heavy atom. The zero-order valence-electron chi connectivity index (χ0n) is 13.5. The minimum Gasteiger partial charge on any atom is -0.508 e. The summed E-state index contributed by atoms with van der Waals surface area (Å²) >= 11 is 0. The summed E-state index contributed by atoms with van der Waals surface area (Å²) in [6.45, 7) is 8.61. The van der Waals surface area contributed by atoms with Crippen LogP contribution in [-0.4, -0.2) is 41.5 Å². The molecule has 0 fully saturated rings. The van der Waals surface area contributed by atoms with Gasteiger partial charge in [0.25, 0.3) is 0 Å². The number of carboxylic acids is 1. The summed E-state index contributed by atoms with van der Waals surface area (Å²) in [6, 6.07) is 7.63. The van der Waals surface area contributed by atoms with Crippen LogP contribution < -0.4 is 5.32 Å². The van der Waals surface area contributed by atoms with Gasteiger partial charge in [-0.2, -0.15) is 0 Å². The number of methoxy groups -OCH3 is 1. The predicted molar refractivity (Wildman–Crippen MR) is 83.7 cm³/mol. The summed E-state index contributed by atoms with van der Waals surface area (Å²) in [5.41, 5.74) is 0.817. The first-order valence-electron chi connectivity index (χ1n) is 7.05. The first-order valence-corrected chi connectivity index (χ1v) is 7.05. The fourth-order valence-corrected chi connectivity index (χ4v) is 1.78. The van der Waals surface area contributed by atoms with Gasteiger partial charge in [-0.15, -0.1) is 0 Å². The van der Waals surface area contributed by atoms with Crippen molar-refractivity contribution in [1.29, 1.82) is 0 Å². The van der Waals surface area contributed by atoms with Gasteiger partial charge >= 0.3 is 5.97 Å². The molecular weight excluding hydrogens is 270 g/mol. The molecule has 0 saturated carbocycles. The molecule has 0 heterocycles. The van der Waals surface area contributed by atoms with Crippen molar-refractivity contribution < 1.29 is 19.7 Å². The molecule has 5 nitrogen and oxygen atoms in total. The topological polar surface area (TPSA) is 78.8 Å². The number of hydrogen-bond donors (Lipinski definition) is 3. The number of carbonyl (C=O) groups is 1. The Balaban J connectivity index is 0.000000486. The maximum absolute atomic E-state index is 10.6. The first kappa shape index (κ1) is 19.4. The zero-order chi connectivity index (χ0) is 16.4. The van der Waals surface area contributed by atoms with E-state index in [-0.39, 0.29) is 5.75 Å². The summed E-state index contributed by atoms with van der Waals surface area (Å²) in [4.78, 5) is 10.6. The van der Waals surface area contributed by atoms with Crippen LogP contribution in [0.2, 0.25) is 0 Å². The largest absolute Gasteiger partial charge is 0.508 e. The van der Waals surface area contributed by atoms with E-state index in [0.717, 1.165) is 5.56 Å². The molecule has 5 heteroatoms. The Labute approximate surface area is 127 Å². The number of aliphatic carboxylic acids is 1. The quantitative estimate of drug-likeness (QED) is 0.751. The van der Waals surface area contributed by atoms with Gasteiger partial charge in [0, 0.05) is 25.6 Å². The molecule has 0 spiro atoms. The van der Waals surface area contributed by atoms with Crippen LogP contribution in [-0.2, 0) is 16.0 Å². The Bertz CT molecular complexity index is 395. The molecule has 0 radical (unpaired) electrons. The Kier molecular flexibility index (Phi) is 9.41. The predicted octanol–water partition coefficient (Wildman–Crippen LogP) is 2.43. The van der Waals surface area contributed by atoms with Crippen LogP contribution in [0, 0.1) is 0 Å². The summed E-state index contributed by atoms with van der Waals surface area (Å²) in [5.74, 6) is -0.821. The monoisotopic (exact) mass is 297 g/mol. The molecule has 0 saturated heterocycles. The fraction of sp³-hybridized carbons (Fsp3) is 0.562. The van der Waals surface area contributed by atoms with Crippen LogP contribution in [0.3, 0.4) is 0 Å². The number of ether oxygens (including phenoxy) is 1. The van der Waals surface area contributed by atoms with Gasteiger partial charge in [-0.25, -0.2) is 4.79 Å². The molecule has 1 unspecified atom stereocenters. The van der Waals surface area contributed by atoms with Gasteiger partial charge in [0.2, 0.25) is 0 Å². The number of benzene rings is 1. The van der Waals surface area contributed by atoms with Crippen molar-refractivity contribution in [2.75, 3.05) is 7.11 Å². The highest BCUT2D eigenvalue weighted by atomic mass is 16.5. The molecule has 120 valence electrons. The highest BCUT2D eigenvalue weighted by Gasteiger charge is 2.16. The molecular formula is C16H27NO4. The third kappa shape index (κ3) is 9.87. The van der Waals surface area contributed by atoms with E-state index < -0.39 is 12.1 Å². The van der Waals surface area contributed by atoms with Gasteiger partial charge in [-0.1, -0.05) is 39.8 Å². The number of hydrogen-bond acceptors (Lipinski definition) is 4. The fourth-order valence-electron chi connectivity index (χ4n) is 1.78. The zero-order valence-corrected chi connectivity index (χ0v) is 13.5. The van der Waals surface area contributed by atoms with Gasteiger partial charge in [0.15, 0.2) is 6.10 Å².